The van der Waals surface area contributed by atoms with Gasteiger partial charge in [0, 0.05) is 12.8 Å². The number of phosphoric acid groups is 1. The summed E-state index contributed by atoms with van der Waals surface area (Å²) in [5.74, 6) is -0.364. The number of phosphoric ester groups is 1. The first-order valence-electron chi connectivity index (χ1n) is 12.1. The normalized spacial score (nSPS) is 20.6. The van der Waals surface area contributed by atoms with Crippen LogP contribution in [0.1, 0.15) is 103 Å². The molecule has 1 fully saturated rings. The van der Waals surface area contributed by atoms with Gasteiger partial charge < -0.3 is 23.8 Å². The topological polar surface area (TPSA) is 105 Å². The van der Waals surface area contributed by atoms with Crippen molar-refractivity contribution in [3.8, 4) is 0 Å². The van der Waals surface area contributed by atoms with E-state index >= 15 is 0 Å². The SMILES string of the molecule is CCCCCCCC/C=C/CCCCCCCC(=O)O[C@@H]1CCOC[C@H]1OP(=O)([O-])O.[Na+]. The predicted molar refractivity (Wildman–Crippen MR) is 119 cm³/mol. The molecule has 1 saturated heterocycles. The summed E-state index contributed by atoms with van der Waals surface area (Å²) in [6.07, 6.45) is 19.1. The Balaban J connectivity index is 0.00000961. The number of rotatable bonds is 18. The Kier molecular flexibility index (Phi) is 20.8. The molecule has 1 unspecified atom stereocenters. The number of carbonyl (C=O) groups excluding carboxylic acids is 1. The molecule has 0 aliphatic carbocycles. The fourth-order valence-electron chi connectivity index (χ4n) is 3.66. The average Bonchev–Trinajstić information content (AvgIpc) is 2.71. The molecule has 0 aromatic carbocycles. The van der Waals surface area contributed by atoms with Gasteiger partial charge in [0.05, 0.1) is 13.2 Å². The fourth-order valence-corrected chi connectivity index (χ4v) is 4.20. The number of allylic oxidation sites excluding steroid dienone is 2. The second kappa shape index (κ2) is 20.6. The molecule has 1 heterocycles. The number of ether oxygens (including phenoxy) is 2. The van der Waals surface area contributed by atoms with Crippen LogP contribution in [0.15, 0.2) is 12.2 Å². The first kappa shape index (κ1) is 32.3. The van der Waals surface area contributed by atoms with Gasteiger partial charge >= 0.3 is 35.5 Å². The first-order valence-corrected chi connectivity index (χ1v) is 13.6. The zero-order valence-corrected chi connectivity index (χ0v) is 23.1. The molecule has 0 amide bonds. The van der Waals surface area contributed by atoms with E-state index in [4.69, 9.17) is 14.4 Å². The minimum atomic E-state index is -4.89. The van der Waals surface area contributed by atoms with Crippen LogP contribution in [0.4, 0.5) is 0 Å². The summed E-state index contributed by atoms with van der Waals surface area (Å²) < 4.78 is 26.0. The zero-order chi connectivity index (χ0) is 22.8. The van der Waals surface area contributed by atoms with Crippen LogP contribution >= 0.6 is 7.82 Å². The third kappa shape index (κ3) is 18.7. The van der Waals surface area contributed by atoms with Gasteiger partial charge in [0.15, 0.2) is 0 Å². The molecule has 1 rings (SSSR count). The smallest absolute Gasteiger partial charge is 0.756 e. The molecule has 182 valence electrons. The summed E-state index contributed by atoms with van der Waals surface area (Å²) in [6, 6.07) is 0. The first-order chi connectivity index (χ1) is 14.9. The van der Waals surface area contributed by atoms with Crippen LogP contribution in [0.5, 0.6) is 0 Å². The molecular formula is C23H42NaO7P. The summed E-state index contributed by atoms with van der Waals surface area (Å²) in [7, 11) is -4.89. The Labute approximate surface area is 216 Å². The van der Waals surface area contributed by atoms with Crippen molar-refractivity contribution in [1.29, 1.82) is 0 Å². The van der Waals surface area contributed by atoms with E-state index in [0.29, 0.717) is 19.4 Å². The Morgan fingerprint density at radius 3 is 2.16 bits per heavy atom. The van der Waals surface area contributed by atoms with E-state index in [2.05, 4.69) is 23.6 Å². The molecule has 0 radical (unpaired) electrons. The van der Waals surface area contributed by atoms with Crippen molar-refractivity contribution in [1.82, 2.24) is 0 Å². The number of unbranched alkanes of at least 4 members (excludes halogenated alkanes) is 11. The second-order valence-electron chi connectivity index (χ2n) is 8.34. The van der Waals surface area contributed by atoms with Crippen LogP contribution < -0.4 is 34.5 Å². The summed E-state index contributed by atoms with van der Waals surface area (Å²) in [5, 5.41) is 0. The van der Waals surface area contributed by atoms with Gasteiger partial charge in [-0.3, -0.25) is 9.36 Å². The zero-order valence-electron chi connectivity index (χ0n) is 20.2. The fraction of sp³-hybridized carbons (Fsp3) is 0.870. The number of hydrogen-bond donors (Lipinski definition) is 1. The summed E-state index contributed by atoms with van der Waals surface area (Å²) in [4.78, 5) is 31.8. The van der Waals surface area contributed by atoms with Crippen molar-refractivity contribution in [3.63, 3.8) is 0 Å². The van der Waals surface area contributed by atoms with Crippen LogP contribution in [0.25, 0.3) is 0 Å². The van der Waals surface area contributed by atoms with Gasteiger partial charge in [0.2, 0.25) is 0 Å². The third-order valence-electron chi connectivity index (χ3n) is 5.44. The van der Waals surface area contributed by atoms with E-state index in [1.165, 1.54) is 51.4 Å². The van der Waals surface area contributed by atoms with Gasteiger partial charge in [-0.05, 0) is 32.1 Å². The standard InChI is InChI=1S/C23H43O7P.Na/c1-2-3-4-5-6-7-8-9-10-11-12-13-14-15-16-17-23(24)29-21-18-19-28-20-22(21)30-31(25,26)27;/h9-10,21-22H,2-8,11-20H2,1H3,(H2,25,26,27);/q;+1/p-1/b10-9+;/t21-,22-;/m1./s1. The molecule has 1 N–H and O–H groups in total. The molecular weight excluding hydrogens is 442 g/mol. The Morgan fingerprint density at radius 2 is 1.56 bits per heavy atom. The maximum absolute atomic E-state index is 12.0. The van der Waals surface area contributed by atoms with Crippen LogP contribution in [-0.4, -0.2) is 36.3 Å². The molecule has 0 spiro atoms. The van der Waals surface area contributed by atoms with Crippen molar-refractivity contribution in [2.45, 2.75) is 115 Å². The van der Waals surface area contributed by atoms with Gasteiger partial charge in [-0.15, -0.1) is 0 Å². The van der Waals surface area contributed by atoms with Crippen molar-refractivity contribution < 1.29 is 62.7 Å². The van der Waals surface area contributed by atoms with Gasteiger partial charge in [-0.1, -0.05) is 70.4 Å². The van der Waals surface area contributed by atoms with Crippen LogP contribution in [0, 0.1) is 0 Å². The van der Waals surface area contributed by atoms with Crippen LogP contribution in [0.2, 0.25) is 0 Å². The van der Waals surface area contributed by atoms with Crippen molar-refractivity contribution in [3.05, 3.63) is 12.2 Å². The van der Waals surface area contributed by atoms with Gasteiger partial charge in [0.25, 0.3) is 7.82 Å². The van der Waals surface area contributed by atoms with E-state index in [1.807, 2.05) is 0 Å². The minimum Gasteiger partial charge on any atom is -0.756 e. The van der Waals surface area contributed by atoms with Crippen molar-refractivity contribution in [2.75, 3.05) is 13.2 Å². The molecule has 32 heavy (non-hydrogen) atoms. The summed E-state index contributed by atoms with van der Waals surface area (Å²) in [6.45, 7) is 2.58. The van der Waals surface area contributed by atoms with E-state index in [-0.39, 0.29) is 42.1 Å². The quantitative estimate of drug-likeness (QED) is 0.105. The number of carbonyl (C=O) groups is 1. The van der Waals surface area contributed by atoms with Crippen LogP contribution in [0.3, 0.4) is 0 Å². The van der Waals surface area contributed by atoms with E-state index in [1.54, 1.807) is 0 Å². The third-order valence-corrected chi connectivity index (χ3v) is 5.97. The summed E-state index contributed by atoms with van der Waals surface area (Å²) in [5.41, 5.74) is 0. The van der Waals surface area contributed by atoms with Gasteiger partial charge in [-0.25, -0.2) is 0 Å². The molecule has 9 heteroatoms. The molecule has 7 nitrogen and oxygen atoms in total. The van der Waals surface area contributed by atoms with Gasteiger partial charge in [-0.2, -0.15) is 0 Å². The molecule has 1 aliphatic heterocycles. The maximum Gasteiger partial charge on any atom is 1.00 e. The maximum atomic E-state index is 12.0. The predicted octanol–water partition coefficient (Wildman–Crippen LogP) is 2.21. The Bertz CT molecular complexity index is 538. The average molecular weight is 485 g/mol. The molecule has 0 saturated carbocycles. The number of hydrogen-bond acceptors (Lipinski definition) is 6. The Morgan fingerprint density at radius 1 is 1.00 bits per heavy atom. The molecule has 3 atom stereocenters. The van der Waals surface area contributed by atoms with E-state index in [0.717, 1.165) is 32.1 Å². The van der Waals surface area contributed by atoms with Crippen molar-refractivity contribution >= 4 is 13.8 Å². The summed E-state index contributed by atoms with van der Waals surface area (Å²) >= 11 is 0. The Hall–Kier alpha value is 0.280. The minimum absolute atomic E-state index is 0. The second-order valence-corrected chi connectivity index (χ2v) is 9.49. The largest absolute Gasteiger partial charge is 1.00 e. The number of esters is 1. The van der Waals surface area contributed by atoms with E-state index in [9.17, 15) is 14.3 Å². The molecule has 0 bridgehead atoms. The monoisotopic (exact) mass is 484 g/mol. The molecule has 0 aromatic rings. The van der Waals surface area contributed by atoms with Crippen molar-refractivity contribution in [2.24, 2.45) is 0 Å². The molecule has 0 aromatic heterocycles. The molecule has 1 aliphatic rings. The van der Waals surface area contributed by atoms with Gasteiger partial charge in [0.1, 0.15) is 12.2 Å². The van der Waals surface area contributed by atoms with Crippen LogP contribution in [-0.2, 0) is 23.4 Å². The van der Waals surface area contributed by atoms with E-state index < -0.39 is 20.0 Å².